The number of carbonyl (C=O) groups excluding carboxylic acids is 1. The van der Waals surface area contributed by atoms with Gasteiger partial charge in [-0.1, -0.05) is 30.3 Å². The average molecular weight is 325 g/mol. The molecular formula is C17H16FN5O. The van der Waals surface area contributed by atoms with E-state index in [0.29, 0.717) is 13.1 Å². The van der Waals surface area contributed by atoms with Crippen LogP contribution in [0.5, 0.6) is 0 Å². The van der Waals surface area contributed by atoms with E-state index in [4.69, 9.17) is 0 Å². The molecule has 3 rings (SSSR count). The molecule has 1 aromatic carbocycles. The summed E-state index contributed by atoms with van der Waals surface area (Å²) in [6.07, 6.45) is 6.01. The molecule has 7 heteroatoms. The molecule has 0 fully saturated rings. The second-order valence-corrected chi connectivity index (χ2v) is 5.19. The van der Waals surface area contributed by atoms with E-state index in [1.165, 1.54) is 12.3 Å². The maximum Gasteiger partial charge on any atom is 0.319 e. The first-order chi connectivity index (χ1) is 11.7. The monoisotopic (exact) mass is 325 g/mol. The molecule has 2 aromatic heterocycles. The summed E-state index contributed by atoms with van der Waals surface area (Å²) >= 11 is 0. The number of amides is 2. The van der Waals surface area contributed by atoms with Gasteiger partial charge in [0.15, 0.2) is 5.82 Å². The number of aromatic nitrogens is 3. The number of benzene rings is 1. The zero-order valence-electron chi connectivity index (χ0n) is 12.8. The second-order valence-electron chi connectivity index (χ2n) is 5.19. The number of halogens is 1. The highest BCUT2D eigenvalue weighted by atomic mass is 19.1. The number of urea groups is 1. The Bertz CT molecular complexity index is 819. The van der Waals surface area contributed by atoms with Crippen LogP contribution < -0.4 is 10.6 Å². The Labute approximate surface area is 138 Å². The summed E-state index contributed by atoms with van der Waals surface area (Å²) in [7, 11) is 0. The fourth-order valence-corrected chi connectivity index (χ4v) is 2.18. The van der Waals surface area contributed by atoms with Crippen LogP contribution in [0, 0.1) is 5.82 Å². The number of hydrogen-bond donors (Lipinski definition) is 2. The highest BCUT2D eigenvalue weighted by Gasteiger charge is 2.07. The third-order valence-corrected chi connectivity index (χ3v) is 3.35. The summed E-state index contributed by atoms with van der Waals surface area (Å²) in [5.74, 6) is -0.580. The first kappa shape index (κ1) is 15.7. The zero-order valence-corrected chi connectivity index (χ0v) is 12.8. The molecule has 0 aliphatic rings. The van der Waals surface area contributed by atoms with Crippen LogP contribution in [0.1, 0.15) is 11.1 Å². The first-order valence-electron chi connectivity index (χ1n) is 7.40. The van der Waals surface area contributed by atoms with Gasteiger partial charge in [0, 0.05) is 24.5 Å². The average Bonchev–Trinajstić information content (AvgIpc) is 3.03. The molecule has 24 heavy (non-hydrogen) atoms. The highest BCUT2D eigenvalue weighted by Crippen LogP contribution is 2.10. The third-order valence-electron chi connectivity index (χ3n) is 3.35. The molecular weight excluding hydrogens is 309 g/mol. The quantitative estimate of drug-likeness (QED) is 0.758. The maximum absolute atomic E-state index is 13.4. The van der Waals surface area contributed by atoms with Gasteiger partial charge in [-0.25, -0.2) is 9.18 Å². The summed E-state index contributed by atoms with van der Waals surface area (Å²) in [5.41, 5.74) is 2.09. The fourth-order valence-electron chi connectivity index (χ4n) is 2.18. The normalized spacial score (nSPS) is 10.4. The summed E-state index contributed by atoms with van der Waals surface area (Å²) in [4.78, 5) is 15.4. The van der Waals surface area contributed by atoms with E-state index in [0.717, 1.165) is 17.3 Å². The number of rotatable bonds is 5. The van der Waals surface area contributed by atoms with E-state index in [2.05, 4.69) is 20.7 Å². The summed E-state index contributed by atoms with van der Waals surface area (Å²) in [5, 5.41) is 9.36. The Morgan fingerprint density at radius 3 is 2.75 bits per heavy atom. The molecule has 0 bridgehead atoms. The molecule has 122 valence electrons. The highest BCUT2D eigenvalue weighted by molar-refractivity contribution is 5.89. The minimum absolute atomic E-state index is 0.0854. The Morgan fingerprint density at radius 1 is 1.12 bits per heavy atom. The standard InChI is InChI=1S/C17H16FN5O/c18-15-10-19-7-6-16(15)22-17(24)20-8-14-9-21-23(12-14)11-13-4-2-1-3-5-13/h1-7,9-10,12H,8,11H2,(H2,19,20,22,24). The van der Waals surface area contributed by atoms with Crippen LogP contribution in [-0.4, -0.2) is 20.8 Å². The van der Waals surface area contributed by atoms with Gasteiger partial charge in [0.1, 0.15) is 0 Å². The lowest BCUT2D eigenvalue weighted by molar-refractivity contribution is 0.251. The number of nitrogens with zero attached hydrogens (tertiary/aromatic N) is 3. The van der Waals surface area contributed by atoms with E-state index in [-0.39, 0.29) is 5.69 Å². The molecule has 6 nitrogen and oxygen atoms in total. The van der Waals surface area contributed by atoms with Gasteiger partial charge in [-0.15, -0.1) is 0 Å². The van der Waals surface area contributed by atoms with Crippen molar-refractivity contribution in [2.45, 2.75) is 13.1 Å². The van der Waals surface area contributed by atoms with Crippen LogP contribution >= 0.6 is 0 Å². The topological polar surface area (TPSA) is 71.8 Å². The zero-order chi connectivity index (χ0) is 16.8. The van der Waals surface area contributed by atoms with Crippen LogP contribution in [0.15, 0.2) is 61.2 Å². The van der Waals surface area contributed by atoms with Gasteiger partial charge in [0.05, 0.1) is 24.6 Å². The Morgan fingerprint density at radius 2 is 1.96 bits per heavy atom. The molecule has 2 amide bonds. The molecule has 0 saturated heterocycles. The lowest BCUT2D eigenvalue weighted by atomic mass is 10.2. The molecule has 2 N–H and O–H groups in total. The lowest BCUT2D eigenvalue weighted by Crippen LogP contribution is -2.28. The maximum atomic E-state index is 13.4. The van der Waals surface area contributed by atoms with E-state index >= 15 is 0 Å². The van der Waals surface area contributed by atoms with E-state index in [9.17, 15) is 9.18 Å². The van der Waals surface area contributed by atoms with Gasteiger partial charge in [-0.2, -0.15) is 5.10 Å². The molecule has 0 atom stereocenters. The minimum atomic E-state index is -0.580. The summed E-state index contributed by atoms with van der Waals surface area (Å²) < 4.78 is 15.2. The predicted octanol–water partition coefficient (Wildman–Crippen LogP) is 2.79. The Balaban J connectivity index is 1.52. The van der Waals surface area contributed by atoms with Gasteiger partial charge in [-0.3, -0.25) is 9.67 Å². The SMILES string of the molecule is O=C(NCc1cnn(Cc2ccccc2)c1)Nc1ccncc1F. The number of carbonyl (C=O) groups is 1. The van der Waals surface area contributed by atoms with Crippen LogP contribution in [0.3, 0.4) is 0 Å². The van der Waals surface area contributed by atoms with Crippen molar-refractivity contribution in [3.63, 3.8) is 0 Å². The van der Waals surface area contributed by atoms with Crippen molar-refractivity contribution >= 4 is 11.7 Å². The van der Waals surface area contributed by atoms with E-state index < -0.39 is 11.8 Å². The van der Waals surface area contributed by atoms with Crippen LogP contribution in [0.2, 0.25) is 0 Å². The van der Waals surface area contributed by atoms with Crippen molar-refractivity contribution in [3.05, 3.63) is 78.1 Å². The lowest BCUT2D eigenvalue weighted by Gasteiger charge is -2.07. The molecule has 0 spiro atoms. The number of hydrogen-bond acceptors (Lipinski definition) is 3. The molecule has 0 unspecified atom stereocenters. The van der Waals surface area contributed by atoms with Gasteiger partial charge in [0.2, 0.25) is 0 Å². The van der Waals surface area contributed by atoms with Crippen molar-refractivity contribution in [1.82, 2.24) is 20.1 Å². The minimum Gasteiger partial charge on any atom is -0.334 e. The van der Waals surface area contributed by atoms with Crippen LogP contribution in [0.25, 0.3) is 0 Å². The Kier molecular flexibility index (Phi) is 4.81. The van der Waals surface area contributed by atoms with E-state index in [1.807, 2.05) is 36.5 Å². The predicted molar refractivity (Wildman–Crippen MR) is 87.8 cm³/mol. The summed E-state index contributed by atoms with van der Waals surface area (Å²) in [6.45, 7) is 0.961. The van der Waals surface area contributed by atoms with Crippen LogP contribution in [0.4, 0.5) is 14.9 Å². The first-order valence-corrected chi connectivity index (χ1v) is 7.40. The van der Waals surface area contributed by atoms with Gasteiger partial charge in [-0.05, 0) is 11.6 Å². The number of pyridine rings is 1. The molecule has 0 radical (unpaired) electrons. The fraction of sp³-hybridized carbons (Fsp3) is 0.118. The van der Waals surface area contributed by atoms with Crippen molar-refractivity contribution in [2.24, 2.45) is 0 Å². The van der Waals surface area contributed by atoms with Gasteiger partial charge in [0.25, 0.3) is 0 Å². The summed E-state index contributed by atoms with van der Waals surface area (Å²) in [6, 6.07) is 10.9. The molecule has 2 heterocycles. The number of anilines is 1. The van der Waals surface area contributed by atoms with Crippen molar-refractivity contribution in [2.75, 3.05) is 5.32 Å². The van der Waals surface area contributed by atoms with Crippen molar-refractivity contribution in [3.8, 4) is 0 Å². The largest absolute Gasteiger partial charge is 0.334 e. The third kappa shape index (κ3) is 4.16. The van der Waals surface area contributed by atoms with Gasteiger partial charge < -0.3 is 10.6 Å². The smallest absolute Gasteiger partial charge is 0.319 e. The molecule has 0 aliphatic heterocycles. The van der Waals surface area contributed by atoms with Crippen molar-refractivity contribution < 1.29 is 9.18 Å². The number of nitrogens with one attached hydrogen (secondary N) is 2. The molecule has 0 aliphatic carbocycles. The second kappa shape index (κ2) is 7.36. The van der Waals surface area contributed by atoms with Crippen molar-refractivity contribution in [1.29, 1.82) is 0 Å². The van der Waals surface area contributed by atoms with Crippen LogP contribution in [-0.2, 0) is 13.1 Å². The Hall–Kier alpha value is -3.22. The van der Waals surface area contributed by atoms with Gasteiger partial charge >= 0.3 is 6.03 Å². The molecule has 0 saturated carbocycles. The molecule has 3 aromatic rings. The van der Waals surface area contributed by atoms with E-state index in [1.54, 1.807) is 10.9 Å².